The Hall–Kier alpha value is -5.81. The highest BCUT2D eigenvalue weighted by atomic mass is 16.6. The average Bonchev–Trinajstić information content (AvgIpc) is 3.68. The van der Waals surface area contributed by atoms with Crippen molar-refractivity contribution in [1.29, 1.82) is 0 Å². The largest absolute Gasteiger partial charge is 0.463 e. The molecule has 0 aliphatic carbocycles. The summed E-state index contributed by atoms with van der Waals surface area (Å²) in [5.74, 6) is -4.37. The van der Waals surface area contributed by atoms with Crippen molar-refractivity contribution >= 4 is 35.8 Å². The zero-order chi connectivity index (χ0) is 41.2. The molecule has 0 spiro atoms. The van der Waals surface area contributed by atoms with Crippen molar-refractivity contribution < 1.29 is 75.8 Å². The highest BCUT2D eigenvalue weighted by molar-refractivity contribution is 5.90. The first-order chi connectivity index (χ1) is 27.2. The third kappa shape index (κ3) is 10.9. The molecule has 1 unspecified atom stereocenters. The Bertz CT molecular complexity index is 1930. The first kappa shape index (κ1) is 42.3. The molecule has 2 fully saturated rings. The molecule has 2 aliphatic rings. The number of hydrogen-bond donors (Lipinski definition) is 0. The number of esters is 6. The standard InChI is InChI=1S/C40H47N3O14/c1-7-32-23(2)35(54-27(6)46)37(56-32)43-16-10-13-30(19-43)39(48)52-21-31(55-40(49)28-11-8-14-41-17-28)20-51-38(47)29-12-9-15-42(18-29)36-24(3)34(53-26(5)45)33(57-36)22-50-25(4)44/h8-19,23-24,31-37H,7,20-22H2,1-6H3/q+2/t23-,24+,31?,32-,33+,34-,35-,36+,37-/m0/s1. The van der Waals surface area contributed by atoms with Crippen LogP contribution in [0.25, 0.3) is 0 Å². The molecule has 9 atom stereocenters. The zero-order valence-electron chi connectivity index (χ0n) is 32.5. The van der Waals surface area contributed by atoms with Gasteiger partial charge < -0.3 is 37.9 Å². The number of carbonyl (C=O) groups is 6. The summed E-state index contributed by atoms with van der Waals surface area (Å²) in [4.78, 5) is 78.9. The lowest BCUT2D eigenvalue weighted by Gasteiger charge is -2.19. The van der Waals surface area contributed by atoms with Gasteiger partial charge in [-0.25, -0.2) is 14.4 Å². The number of rotatable bonds is 15. The van der Waals surface area contributed by atoms with Gasteiger partial charge in [0.05, 0.1) is 17.6 Å². The molecular formula is C40H47N3O14+2. The first-order valence-electron chi connectivity index (χ1n) is 18.5. The minimum absolute atomic E-state index is 0.101. The summed E-state index contributed by atoms with van der Waals surface area (Å²) in [6, 6.07) is 9.28. The van der Waals surface area contributed by atoms with Crippen molar-refractivity contribution in [1.82, 2.24) is 4.98 Å². The summed E-state index contributed by atoms with van der Waals surface area (Å²) >= 11 is 0. The van der Waals surface area contributed by atoms with Gasteiger partial charge in [-0.2, -0.15) is 9.13 Å². The van der Waals surface area contributed by atoms with Crippen LogP contribution in [0.3, 0.4) is 0 Å². The second kappa shape index (κ2) is 19.4. The highest BCUT2D eigenvalue weighted by Gasteiger charge is 2.50. The van der Waals surface area contributed by atoms with Gasteiger partial charge in [-0.1, -0.05) is 13.8 Å². The maximum atomic E-state index is 13.4. The molecule has 0 radical (unpaired) electrons. The van der Waals surface area contributed by atoms with Crippen LogP contribution in [0.4, 0.5) is 0 Å². The quantitative estimate of drug-likeness (QED) is 0.124. The minimum Gasteiger partial charge on any atom is -0.463 e. The molecule has 57 heavy (non-hydrogen) atoms. The van der Waals surface area contributed by atoms with Gasteiger partial charge in [-0.15, -0.1) is 0 Å². The summed E-state index contributed by atoms with van der Waals surface area (Å²) in [7, 11) is 0. The van der Waals surface area contributed by atoms with E-state index in [0.29, 0.717) is 6.42 Å². The minimum atomic E-state index is -1.24. The molecule has 5 heterocycles. The Balaban J connectivity index is 1.28. The van der Waals surface area contributed by atoms with Crippen LogP contribution in [0.15, 0.2) is 73.6 Å². The van der Waals surface area contributed by atoms with Crippen LogP contribution in [0, 0.1) is 11.8 Å². The number of hydrogen-bond acceptors (Lipinski definition) is 15. The van der Waals surface area contributed by atoms with Crippen molar-refractivity contribution in [3.63, 3.8) is 0 Å². The lowest BCUT2D eigenvalue weighted by Crippen LogP contribution is -2.46. The second-order valence-electron chi connectivity index (χ2n) is 13.8. The third-order valence-electron chi connectivity index (χ3n) is 9.48. The molecule has 17 heteroatoms. The predicted octanol–water partition coefficient (Wildman–Crippen LogP) is 2.80. The van der Waals surface area contributed by atoms with Gasteiger partial charge in [0.25, 0.3) is 6.23 Å². The Kier molecular flexibility index (Phi) is 14.4. The van der Waals surface area contributed by atoms with Gasteiger partial charge in [0.15, 0.2) is 37.0 Å². The number of nitrogens with zero attached hydrogens (tertiary/aromatic N) is 3. The number of carbonyl (C=O) groups excluding carboxylic acids is 6. The Morgan fingerprint density at radius 1 is 0.684 bits per heavy atom. The van der Waals surface area contributed by atoms with Gasteiger partial charge in [-0.3, -0.25) is 19.4 Å². The van der Waals surface area contributed by atoms with Gasteiger partial charge in [-0.05, 0) is 37.6 Å². The lowest BCUT2D eigenvalue weighted by molar-refractivity contribution is -0.765. The van der Waals surface area contributed by atoms with Crippen LogP contribution < -0.4 is 9.13 Å². The maximum Gasteiger partial charge on any atom is 0.344 e. The van der Waals surface area contributed by atoms with E-state index >= 15 is 0 Å². The molecule has 0 saturated carbocycles. The predicted molar refractivity (Wildman–Crippen MR) is 191 cm³/mol. The molecule has 17 nitrogen and oxygen atoms in total. The number of aromatic nitrogens is 3. The molecule has 0 N–H and O–H groups in total. The molecule has 0 aromatic carbocycles. The molecule has 304 valence electrons. The fourth-order valence-electron chi connectivity index (χ4n) is 6.71. The van der Waals surface area contributed by atoms with E-state index < -0.39 is 91.8 Å². The fourth-order valence-corrected chi connectivity index (χ4v) is 6.71. The zero-order valence-corrected chi connectivity index (χ0v) is 32.5. The molecule has 5 rings (SSSR count). The second-order valence-corrected chi connectivity index (χ2v) is 13.8. The number of ether oxygens (including phenoxy) is 8. The Morgan fingerprint density at radius 3 is 1.79 bits per heavy atom. The van der Waals surface area contributed by atoms with Crippen LogP contribution in [0.1, 0.15) is 91.5 Å². The van der Waals surface area contributed by atoms with Crippen LogP contribution in [-0.2, 0) is 52.3 Å². The normalized spacial score (nSPS) is 24.5. The maximum absolute atomic E-state index is 13.4. The van der Waals surface area contributed by atoms with Gasteiger partial charge in [0.2, 0.25) is 0 Å². The Labute approximate surface area is 329 Å². The summed E-state index contributed by atoms with van der Waals surface area (Å²) < 4.78 is 48.5. The molecular weight excluding hydrogens is 746 g/mol. The van der Waals surface area contributed by atoms with Crippen molar-refractivity contribution in [2.45, 2.75) is 90.9 Å². The monoisotopic (exact) mass is 793 g/mol. The lowest BCUT2D eigenvalue weighted by atomic mass is 9.98. The van der Waals surface area contributed by atoms with Gasteiger partial charge in [0, 0.05) is 51.2 Å². The smallest absolute Gasteiger partial charge is 0.344 e. The van der Waals surface area contributed by atoms with E-state index in [-0.39, 0.29) is 35.3 Å². The van der Waals surface area contributed by atoms with Gasteiger partial charge >= 0.3 is 42.0 Å². The molecule has 2 saturated heterocycles. The molecule has 0 bridgehead atoms. The SMILES string of the molecule is CC[C@@H]1O[C@H]([n+]2cccc(C(=O)OCC(COC(=O)c3ccc[n+]([C@@H]4O[C@H](COC(C)=O)[C@@H](OC(C)=O)[C@H]4C)c3)OC(=O)c3cccnc3)c2)[C@@H](OC(C)=O)[C@H]1C. The fraction of sp³-hybridized carbons (Fsp3) is 0.475. The molecule has 3 aromatic heterocycles. The summed E-state index contributed by atoms with van der Waals surface area (Å²) in [6.07, 6.45) is 4.91. The molecule has 0 amide bonds. The van der Waals surface area contributed by atoms with Crippen LogP contribution >= 0.6 is 0 Å². The van der Waals surface area contributed by atoms with E-state index in [0.717, 1.165) is 0 Å². The third-order valence-corrected chi connectivity index (χ3v) is 9.48. The van der Waals surface area contributed by atoms with E-state index in [4.69, 9.17) is 37.9 Å². The summed E-state index contributed by atoms with van der Waals surface area (Å²) in [6.45, 7) is 8.43. The van der Waals surface area contributed by atoms with Crippen LogP contribution in [0.2, 0.25) is 0 Å². The van der Waals surface area contributed by atoms with Crippen molar-refractivity contribution in [3.05, 3.63) is 90.3 Å². The van der Waals surface area contributed by atoms with E-state index in [1.165, 1.54) is 63.8 Å². The summed E-state index contributed by atoms with van der Waals surface area (Å²) in [5.41, 5.74) is 0.356. The first-order valence-corrected chi connectivity index (χ1v) is 18.5. The highest BCUT2D eigenvalue weighted by Crippen LogP contribution is 2.35. The molecule has 2 aliphatic heterocycles. The van der Waals surface area contributed by atoms with E-state index in [9.17, 15) is 28.8 Å². The topological polar surface area (TPSA) is 197 Å². The van der Waals surface area contributed by atoms with Crippen molar-refractivity contribution in [2.24, 2.45) is 11.8 Å². The van der Waals surface area contributed by atoms with Crippen LogP contribution in [-0.4, -0.2) is 91.1 Å². The van der Waals surface area contributed by atoms with Gasteiger partial charge in [0.1, 0.15) is 43.2 Å². The number of pyridine rings is 3. The summed E-state index contributed by atoms with van der Waals surface area (Å²) in [5, 5.41) is 0. The van der Waals surface area contributed by atoms with Crippen molar-refractivity contribution in [2.75, 3.05) is 19.8 Å². The Morgan fingerprint density at radius 2 is 1.25 bits per heavy atom. The van der Waals surface area contributed by atoms with Crippen molar-refractivity contribution in [3.8, 4) is 0 Å². The van der Waals surface area contributed by atoms with E-state index in [1.807, 2.05) is 13.8 Å². The average molecular weight is 794 g/mol. The van der Waals surface area contributed by atoms with E-state index in [1.54, 1.807) is 46.7 Å². The van der Waals surface area contributed by atoms with E-state index in [2.05, 4.69) is 4.98 Å². The molecule has 3 aromatic rings. The van der Waals surface area contributed by atoms with Crippen LogP contribution in [0.5, 0.6) is 0 Å².